The number of hydrogen-bond acceptors (Lipinski definition) is 5. The van der Waals surface area contributed by atoms with Crippen molar-refractivity contribution in [3.8, 4) is 5.75 Å². The van der Waals surface area contributed by atoms with Gasteiger partial charge in [-0.05, 0) is 42.8 Å². The van der Waals surface area contributed by atoms with Crippen LogP contribution < -0.4 is 10.1 Å². The summed E-state index contributed by atoms with van der Waals surface area (Å²) in [6.07, 6.45) is 0.262. The van der Waals surface area contributed by atoms with Crippen LogP contribution in [0.15, 0.2) is 83.8 Å². The minimum atomic E-state index is -3.41. The Morgan fingerprint density at radius 1 is 0.939 bits per heavy atom. The smallest absolute Gasteiger partial charge is 0.261 e. The van der Waals surface area contributed by atoms with Gasteiger partial charge in [-0.15, -0.1) is 11.3 Å². The number of rotatable bonds is 9. The van der Waals surface area contributed by atoms with Crippen LogP contribution in [0.4, 0.5) is 4.39 Å². The lowest BCUT2D eigenvalue weighted by Crippen LogP contribution is -2.26. The summed E-state index contributed by atoms with van der Waals surface area (Å²) in [5.41, 5.74) is 0.478. The molecule has 5 nitrogen and oxygen atoms in total. The van der Waals surface area contributed by atoms with E-state index in [1.807, 2.05) is 18.2 Å². The fraction of sp³-hybridized carbons (Fsp3) is 0.160. The highest BCUT2D eigenvalue weighted by Gasteiger charge is 2.21. The van der Waals surface area contributed by atoms with Gasteiger partial charge in [-0.3, -0.25) is 4.79 Å². The summed E-state index contributed by atoms with van der Waals surface area (Å²) in [7, 11) is -3.41. The van der Waals surface area contributed by atoms with Crippen molar-refractivity contribution in [2.45, 2.75) is 17.9 Å². The van der Waals surface area contributed by atoms with Gasteiger partial charge in [0, 0.05) is 22.2 Å². The Kier molecular flexibility index (Phi) is 7.05. The Labute approximate surface area is 195 Å². The van der Waals surface area contributed by atoms with Gasteiger partial charge in [-0.1, -0.05) is 42.5 Å². The third kappa shape index (κ3) is 5.40. The van der Waals surface area contributed by atoms with Crippen molar-refractivity contribution in [2.75, 3.05) is 12.3 Å². The lowest BCUT2D eigenvalue weighted by molar-refractivity contribution is 0.0955. The molecule has 1 aromatic heterocycles. The van der Waals surface area contributed by atoms with E-state index in [4.69, 9.17) is 4.74 Å². The number of thiophene rings is 1. The molecular formula is C25H22FNO4S2. The third-order valence-corrected chi connectivity index (χ3v) is 8.09. The second-order valence-corrected chi connectivity index (χ2v) is 10.5. The average molecular weight is 484 g/mol. The van der Waals surface area contributed by atoms with Gasteiger partial charge in [-0.25, -0.2) is 12.8 Å². The van der Waals surface area contributed by atoms with Crippen LogP contribution in [0.2, 0.25) is 0 Å². The first-order valence-electron chi connectivity index (χ1n) is 10.4. The predicted octanol–water partition coefficient (Wildman–Crippen LogP) is 5.21. The number of carbonyl (C=O) groups is 1. The van der Waals surface area contributed by atoms with Gasteiger partial charge in [0.2, 0.25) is 0 Å². The summed E-state index contributed by atoms with van der Waals surface area (Å²) >= 11 is 1.19. The minimum Gasteiger partial charge on any atom is -0.489 e. The molecule has 0 saturated carbocycles. The van der Waals surface area contributed by atoms with Crippen LogP contribution in [0, 0.1) is 5.82 Å². The molecule has 0 bridgehead atoms. The number of benzene rings is 3. The molecule has 0 aliphatic heterocycles. The molecule has 1 amide bonds. The largest absolute Gasteiger partial charge is 0.489 e. The van der Waals surface area contributed by atoms with Crippen LogP contribution >= 0.6 is 11.3 Å². The van der Waals surface area contributed by atoms with Crippen LogP contribution in [0.5, 0.6) is 5.75 Å². The second-order valence-electron chi connectivity index (χ2n) is 7.37. The van der Waals surface area contributed by atoms with Crippen molar-refractivity contribution in [2.24, 2.45) is 0 Å². The Balaban J connectivity index is 1.46. The number of nitrogens with one attached hydrogen (secondary N) is 1. The fourth-order valence-electron chi connectivity index (χ4n) is 3.45. The van der Waals surface area contributed by atoms with Crippen LogP contribution in [0.1, 0.15) is 21.7 Å². The van der Waals surface area contributed by atoms with Gasteiger partial charge in [0.05, 0.1) is 15.5 Å². The summed E-state index contributed by atoms with van der Waals surface area (Å²) in [4.78, 5) is 13.5. The lowest BCUT2D eigenvalue weighted by Gasteiger charge is -2.09. The van der Waals surface area contributed by atoms with Gasteiger partial charge in [0.1, 0.15) is 18.2 Å². The van der Waals surface area contributed by atoms with E-state index in [0.29, 0.717) is 26.3 Å². The molecule has 0 fully saturated rings. The summed E-state index contributed by atoms with van der Waals surface area (Å²) in [6.45, 7) is 0.219. The quantitative estimate of drug-likeness (QED) is 0.332. The van der Waals surface area contributed by atoms with Crippen LogP contribution in [0.3, 0.4) is 0 Å². The average Bonchev–Trinajstić information content (AvgIpc) is 3.21. The van der Waals surface area contributed by atoms with E-state index in [9.17, 15) is 17.6 Å². The second kappa shape index (κ2) is 10.1. The molecule has 3 aromatic carbocycles. The molecule has 0 radical (unpaired) electrons. The zero-order chi connectivity index (χ0) is 23.3. The van der Waals surface area contributed by atoms with E-state index in [-0.39, 0.29) is 36.1 Å². The van der Waals surface area contributed by atoms with Gasteiger partial charge >= 0.3 is 0 Å². The number of sulfone groups is 1. The SMILES string of the molecule is O=C(NCCCS(=O)(=O)c1ccccc1)c1sc2cccc(F)c2c1COc1ccccc1. The van der Waals surface area contributed by atoms with E-state index in [1.54, 1.807) is 54.6 Å². The fourth-order valence-corrected chi connectivity index (χ4v) is 5.92. The molecule has 170 valence electrons. The zero-order valence-electron chi connectivity index (χ0n) is 17.7. The van der Waals surface area contributed by atoms with E-state index < -0.39 is 15.7 Å². The highest BCUT2D eigenvalue weighted by Crippen LogP contribution is 2.34. The molecule has 0 aliphatic carbocycles. The molecule has 1 N–H and O–H groups in total. The minimum absolute atomic E-state index is 0.0378. The number of carbonyl (C=O) groups excluding carboxylic acids is 1. The van der Waals surface area contributed by atoms with Crippen molar-refractivity contribution in [3.63, 3.8) is 0 Å². The first kappa shape index (κ1) is 22.9. The Hall–Kier alpha value is -3.23. The molecule has 33 heavy (non-hydrogen) atoms. The molecule has 0 aliphatic rings. The summed E-state index contributed by atoms with van der Waals surface area (Å²) < 4.78 is 45.9. The number of amides is 1. The molecular weight excluding hydrogens is 461 g/mol. The summed E-state index contributed by atoms with van der Waals surface area (Å²) in [6, 6.07) is 22.0. The highest BCUT2D eigenvalue weighted by molar-refractivity contribution is 7.91. The monoisotopic (exact) mass is 483 g/mol. The maximum Gasteiger partial charge on any atom is 0.261 e. The molecule has 0 atom stereocenters. The Morgan fingerprint density at radius 3 is 2.36 bits per heavy atom. The van der Waals surface area contributed by atoms with E-state index in [2.05, 4.69) is 5.32 Å². The predicted molar refractivity (Wildman–Crippen MR) is 128 cm³/mol. The van der Waals surface area contributed by atoms with Gasteiger partial charge in [0.15, 0.2) is 9.84 Å². The number of ether oxygens (including phenoxy) is 1. The number of para-hydroxylation sites is 1. The molecule has 0 spiro atoms. The first-order chi connectivity index (χ1) is 16.0. The number of halogens is 1. The van der Waals surface area contributed by atoms with Gasteiger partial charge in [0.25, 0.3) is 5.91 Å². The maximum absolute atomic E-state index is 14.6. The van der Waals surface area contributed by atoms with Crippen molar-refractivity contribution in [1.29, 1.82) is 0 Å². The van der Waals surface area contributed by atoms with Crippen molar-refractivity contribution < 1.29 is 22.3 Å². The van der Waals surface area contributed by atoms with E-state index >= 15 is 0 Å². The van der Waals surface area contributed by atoms with E-state index in [1.165, 1.54) is 17.4 Å². The van der Waals surface area contributed by atoms with Crippen LogP contribution in [-0.4, -0.2) is 26.6 Å². The van der Waals surface area contributed by atoms with Crippen molar-refractivity contribution in [3.05, 3.63) is 95.1 Å². The van der Waals surface area contributed by atoms with Crippen LogP contribution in [0.25, 0.3) is 10.1 Å². The molecule has 0 saturated heterocycles. The van der Waals surface area contributed by atoms with Crippen LogP contribution in [-0.2, 0) is 16.4 Å². The Bertz CT molecular complexity index is 1350. The van der Waals surface area contributed by atoms with Gasteiger partial charge in [-0.2, -0.15) is 0 Å². The topological polar surface area (TPSA) is 72.5 Å². The molecule has 4 rings (SSSR count). The Morgan fingerprint density at radius 2 is 1.64 bits per heavy atom. The highest BCUT2D eigenvalue weighted by atomic mass is 32.2. The normalized spacial score (nSPS) is 11.4. The summed E-state index contributed by atoms with van der Waals surface area (Å²) in [5, 5.41) is 3.14. The standard InChI is InChI=1S/C25H22FNO4S2/c26-21-13-7-14-22-23(21)20(17-31-18-9-3-1-4-10-18)24(32-22)25(28)27-15-8-16-33(29,30)19-11-5-2-6-12-19/h1-7,9-14H,8,15-17H2,(H,27,28). The molecule has 0 unspecified atom stereocenters. The maximum atomic E-state index is 14.6. The lowest BCUT2D eigenvalue weighted by atomic mass is 10.1. The molecule has 1 heterocycles. The van der Waals surface area contributed by atoms with Crippen molar-refractivity contribution >= 4 is 37.2 Å². The van der Waals surface area contributed by atoms with E-state index in [0.717, 1.165) is 0 Å². The summed E-state index contributed by atoms with van der Waals surface area (Å²) in [5.74, 6) is -0.254. The van der Waals surface area contributed by atoms with Crippen molar-refractivity contribution in [1.82, 2.24) is 5.32 Å². The van der Waals surface area contributed by atoms with Gasteiger partial charge < -0.3 is 10.1 Å². The molecule has 8 heteroatoms. The third-order valence-electron chi connectivity index (χ3n) is 5.07. The zero-order valence-corrected chi connectivity index (χ0v) is 19.3. The first-order valence-corrected chi connectivity index (χ1v) is 12.9. The number of hydrogen-bond donors (Lipinski definition) is 1. The number of fused-ring (bicyclic) bond motifs is 1. The molecule has 4 aromatic rings.